The maximum absolute atomic E-state index is 13.4. The summed E-state index contributed by atoms with van der Waals surface area (Å²) in [5.74, 6) is -0.250. The fourth-order valence-corrected chi connectivity index (χ4v) is 3.41. The van der Waals surface area contributed by atoms with Crippen LogP contribution in [-0.4, -0.2) is 49.0 Å². The van der Waals surface area contributed by atoms with Gasteiger partial charge in [0, 0.05) is 0 Å². The second kappa shape index (κ2) is 10.3. The van der Waals surface area contributed by atoms with Gasteiger partial charge in [0.1, 0.15) is 11.4 Å². The highest BCUT2D eigenvalue weighted by Gasteiger charge is 2.41. The van der Waals surface area contributed by atoms with Crippen LogP contribution in [0.15, 0.2) is 42.5 Å². The summed E-state index contributed by atoms with van der Waals surface area (Å²) >= 11 is 0. The van der Waals surface area contributed by atoms with Gasteiger partial charge >= 0.3 is 0 Å². The number of halogens is 1. The molecule has 0 radical (unpaired) electrons. The van der Waals surface area contributed by atoms with Crippen LogP contribution < -0.4 is 0 Å². The molecule has 0 saturated carbocycles. The summed E-state index contributed by atoms with van der Waals surface area (Å²) in [6.45, 7) is 1.18. The Labute approximate surface area is 165 Å². The lowest BCUT2D eigenvalue weighted by Gasteiger charge is -2.31. The first-order chi connectivity index (χ1) is 13.5. The van der Waals surface area contributed by atoms with E-state index in [2.05, 4.69) is 11.0 Å². The maximum atomic E-state index is 13.4. The Balaban J connectivity index is 0.000000640. The van der Waals surface area contributed by atoms with Gasteiger partial charge in [0.15, 0.2) is 0 Å². The predicted octanol–water partition coefficient (Wildman–Crippen LogP) is 2.78. The third-order valence-corrected chi connectivity index (χ3v) is 4.69. The topological polar surface area (TPSA) is 76.7 Å². The van der Waals surface area contributed by atoms with Crippen molar-refractivity contribution in [2.24, 2.45) is 0 Å². The van der Waals surface area contributed by atoms with E-state index in [0.717, 1.165) is 36.1 Å². The third-order valence-electron chi connectivity index (χ3n) is 4.69. The van der Waals surface area contributed by atoms with Gasteiger partial charge in [-0.3, -0.25) is 0 Å². The van der Waals surface area contributed by atoms with E-state index >= 15 is 0 Å². The molecule has 0 fully saturated rings. The van der Waals surface area contributed by atoms with Crippen LogP contribution in [0.3, 0.4) is 0 Å². The summed E-state index contributed by atoms with van der Waals surface area (Å²) in [5, 5.41) is 24.4. The number of aliphatic hydroxyl groups excluding tert-OH is 2. The zero-order valence-corrected chi connectivity index (χ0v) is 16.4. The van der Waals surface area contributed by atoms with E-state index in [4.69, 9.17) is 20.2 Å². The van der Waals surface area contributed by atoms with Crippen LogP contribution in [0, 0.1) is 17.1 Å². The van der Waals surface area contributed by atoms with Crippen molar-refractivity contribution < 1.29 is 19.3 Å². The zero-order chi connectivity index (χ0) is 20.6. The first-order valence-corrected chi connectivity index (χ1v) is 9.27. The van der Waals surface area contributed by atoms with Gasteiger partial charge in [-0.1, -0.05) is 18.2 Å². The first-order valence-electron chi connectivity index (χ1n) is 9.27. The lowest BCUT2D eigenvalue weighted by molar-refractivity contribution is -0.0140. The molecule has 5 nitrogen and oxygen atoms in total. The van der Waals surface area contributed by atoms with Crippen molar-refractivity contribution in [2.75, 3.05) is 33.9 Å². The minimum Gasteiger partial charge on any atom is -0.394 e. The van der Waals surface area contributed by atoms with E-state index in [-0.39, 0.29) is 19.0 Å². The fourth-order valence-electron chi connectivity index (χ4n) is 3.41. The molecule has 1 aliphatic rings. The average molecular weight is 386 g/mol. The highest BCUT2D eigenvalue weighted by Crippen LogP contribution is 2.45. The van der Waals surface area contributed by atoms with Crippen LogP contribution in [0.4, 0.5) is 4.39 Å². The van der Waals surface area contributed by atoms with Gasteiger partial charge in [0.25, 0.3) is 0 Å². The van der Waals surface area contributed by atoms with Gasteiger partial charge in [0.05, 0.1) is 31.5 Å². The van der Waals surface area contributed by atoms with E-state index < -0.39 is 5.60 Å². The van der Waals surface area contributed by atoms with Crippen molar-refractivity contribution >= 4 is 0 Å². The molecule has 1 unspecified atom stereocenters. The van der Waals surface area contributed by atoms with Crippen molar-refractivity contribution in [3.63, 3.8) is 0 Å². The molecule has 0 saturated heterocycles. The molecule has 3 rings (SSSR count). The number of rotatable bonds is 6. The summed E-state index contributed by atoms with van der Waals surface area (Å²) in [5.41, 5.74) is 3.18. The largest absolute Gasteiger partial charge is 0.394 e. The Hall–Kier alpha value is -2.30. The summed E-state index contributed by atoms with van der Waals surface area (Å²) in [7, 11) is 4.10. The fraction of sp³-hybridized carbons (Fsp3) is 0.409. The number of hydrogen-bond acceptors (Lipinski definition) is 5. The normalized spacial score (nSPS) is 17.6. The predicted molar refractivity (Wildman–Crippen MR) is 105 cm³/mol. The van der Waals surface area contributed by atoms with Gasteiger partial charge in [-0.15, -0.1) is 0 Å². The highest BCUT2D eigenvalue weighted by atomic mass is 19.1. The lowest BCUT2D eigenvalue weighted by Crippen LogP contribution is -2.28. The van der Waals surface area contributed by atoms with E-state index in [0.29, 0.717) is 12.2 Å². The zero-order valence-electron chi connectivity index (χ0n) is 16.4. The molecule has 0 spiro atoms. The number of nitriles is 1. The van der Waals surface area contributed by atoms with Gasteiger partial charge in [0.2, 0.25) is 0 Å². The average Bonchev–Trinajstić information content (AvgIpc) is 3.07. The Bertz CT molecular complexity index is 800. The SMILES string of the molecule is CN(C)CCCC1(c2ccc(F)cc2)OCc2cc(C#N)ccc21.OCCO. The number of aliphatic hydroxyl groups is 2. The molecule has 0 bridgehead atoms. The molecule has 0 amide bonds. The second-order valence-corrected chi connectivity index (χ2v) is 6.96. The summed E-state index contributed by atoms with van der Waals surface area (Å²) in [4.78, 5) is 2.15. The molecule has 6 heteroatoms. The number of fused-ring (bicyclic) bond motifs is 1. The summed E-state index contributed by atoms with van der Waals surface area (Å²) in [6, 6.07) is 14.5. The van der Waals surface area contributed by atoms with Crippen molar-refractivity contribution in [2.45, 2.75) is 25.0 Å². The maximum Gasteiger partial charge on any atom is 0.123 e. The van der Waals surface area contributed by atoms with Crippen molar-refractivity contribution in [1.29, 1.82) is 5.26 Å². The van der Waals surface area contributed by atoms with E-state index in [1.165, 1.54) is 12.1 Å². The highest BCUT2D eigenvalue weighted by molar-refractivity contribution is 5.47. The second-order valence-electron chi connectivity index (χ2n) is 6.96. The number of nitrogens with zero attached hydrogens (tertiary/aromatic N) is 2. The van der Waals surface area contributed by atoms with Crippen LogP contribution >= 0.6 is 0 Å². The van der Waals surface area contributed by atoms with E-state index in [9.17, 15) is 4.39 Å². The minimum absolute atomic E-state index is 0.125. The first kappa shape index (κ1) is 22.0. The smallest absolute Gasteiger partial charge is 0.123 e. The molecule has 150 valence electrons. The third kappa shape index (κ3) is 5.15. The molecule has 0 aromatic heterocycles. The van der Waals surface area contributed by atoms with Gasteiger partial charge < -0.3 is 19.8 Å². The standard InChI is InChI=1S/C20H21FN2O.C2H6O2/c1-23(2)11-3-10-20(17-5-7-18(21)8-6-17)19-9-4-15(13-22)12-16(19)14-24-20;3-1-2-4/h4-9,12H,3,10-11,14H2,1-2H3;3-4H,1-2H2. The van der Waals surface area contributed by atoms with Crippen LogP contribution in [-0.2, 0) is 16.9 Å². The van der Waals surface area contributed by atoms with Gasteiger partial charge in [-0.2, -0.15) is 5.26 Å². The van der Waals surface area contributed by atoms with Crippen LogP contribution in [0.1, 0.15) is 35.1 Å². The Morgan fingerprint density at radius 2 is 1.82 bits per heavy atom. The molecule has 1 atom stereocenters. The Kier molecular flexibility index (Phi) is 8.09. The molecule has 0 aliphatic carbocycles. The van der Waals surface area contributed by atoms with Gasteiger partial charge in [-0.05, 0) is 74.4 Å². The quantitative estimate of drug-likeness (QED) is 0.798. The lowest BCUT2D eigenvalue weighted by atomic mass is 9.81. The van der Waals surface area contributed by atoms with Crippen molar-refractivity contribution in [3.8, 4) is 6.07 Å². The summed E-state index contributed by atoms with van der Waals surface area (Å²) < 4.78 is 19.6. The monoisotopic (exact) mass is 386 g/mol. The molecule has 1 heterocycles. The number of hydrogen-bond donors (Lipinski definition) is 2. The molecule has 2 aromatic carbocycles. The minimum atomic E-state index is -0.562. The molecule has 28 heavy (non-hydrogen) atoms. The molecule has 2 aromatic rings. The molecular formula is C22H27FN2O3. The van der Waals surface area contributed by atoms with Crippen LogP contribution in [0.2, 0.25) is 0 Å². The van der Waals surface area contributed by atoms with Crippen molar-refractivity contribution in [1.82, 2.24) is 4.90 Å². The number of benzene rings is 2. The van der Waals surface area contributed by atoms with E-state index in [1.54, 1.807) is 12.1 Å². The Morgan fingerprint density at radius 3 is 2.39 bits per heavy atom. The van der Waals surface area contributed by atoms with Crippen molar-refractivity contribution in [3.05, 3.63) is 70.5 Å². The Morgan fingerprint density at radius 1 is 1.14 bits per heavy atom. The van der Waals surface area contributed by atoms with Crippen LogP contribution in [0.25, 0.3) is 0 Å². The molecular weight excluding hydrogens is 359 g/mol. The van der Waals surface area contributed by atoms with Crippen LogP contribution in [0.5, 0.6) is 0 Å². The number of ether oxygens (including phenoxy) is 1. The van der Waals surface area contributed by atoms with Gasteiger partial charge in [-0.25, -0.2) is 4.39 Å². The van der Waals surface area contributed by atoms with E-state index in [1.807, 2.05) is 32.3 Å². The molecule has 2 N–H and O–H groups in total. The summed E-state index contributed by atoms with van der Waals surface area (Å²) in [6.07, 6.45) is 1.78. The molecule has 1 aliphatic heterocycles.